The van der Waals surface area contributed by atoms with Crippen LogP contribution in [-0.2, 0) is 16.0 Å². The van der Waals surface area contributed by atoms with Gasteiger partial charge in [0, 0.05) is 18.6 Å². The third kappa shape index (κ3) is 3.66. The summed E-state index contributed by atoms with van der Waals surface area (Å²) in [6.07, 6.45) is 0.518. The summed E-state index contributed by atoms with van der Waals surface area (Å²) in [5.41, 5.74) is 5.97. The molecule has 0 saturated heterocycles. The first-order valence-corrected chi connectivity index (χ1v) is 4.72. The summed E-state index contributed by atoms with van der Waals surface area (Å²) in [6, 6.07) is 6.10. The lowest BCUT2D eigenvalue weighted by molar-refractivity contribution is -0.384. The van der Waals surface area contributed by atoms with E-state index in [4.69, 9.17) is 10.5 Å². The predicted molar refractivity (Wildman–Crippen MR) is 56.8 cm³/mol. The molecule has 1 aromatic carbocycles. The Bertz CT molecular complexity index is 375. The molecule has 0 aromatic heterocycles. The van der Waals surface area contributed by atoms with E-state index in [-0.39, 0.29) is 18.8 Å². The quantitative estimate of drug-likeness (QED) is 0.449. The molecule has 0 fully saturated rings. The lowest BCUT2D eigenvalue weighted by Gasteiger charge is -2.02. The highest BCUT2D eigenvalue weighted by atomic mass is 16.6. The topological polar surface area (TPSA) is 95.5 Å². The van der Waals surface area contributed by atoms with E-state index in [2.05, 4.69) is 0 Å². The standard InChI is InChI=1S/C10H12N2O4/c11-7-10(13)16-6-5-8-1-3-9(4-2-8)12(14)15/h1-4H,5-7,11H2. The van der Waals surface area contributed by atoms with Gasteiger partial charge in [-0.25, -0.2) is 0 Å². The number of nitro groups is 1. The molecule has 16 heavy (non-hydrogen) atoms. The van der Waals surface area contributed by atoms with Crippen LogP contribution in [0.1, 0.15) is 5.56 Å². The van der Waals surface area contributed by atoms with Gasteiger partial charge in [-0.05, 0) is 5.56 Å². The van der Waals surface area contributed by atoms with Crippen molar-refractivity contribution in [2.75, 3.05) is 13.2 Å². The van der Waals surface area contributed by atoms with Crippen LogP contribution in [0.4, 0.5) is 5.69 Å². The fraction of sp³-hybridized carbons (Fsp3) is 0.300. The summed E-state index contributed by atoms with van der Waals surface area (Å²) < 4.78 is 4.77. The molecule has 0 atom stereocenters. The number of rotatable bonds is 5. The molecule has 86 valence electrons. The van der Waals surface area contributed by atoms with Gasteiger partial charge in [0.15, 0.2) is 0 Å². The molecule has 0 bridgehead atoms. The smallest absolute Gasteiger partial charge is 0.319 e. The van der Waals surface area contributed by atoms with Crippen LogP contribution in [-0.4, -0.2) is 24.0 Å². The van der Waals surface area contributed by atoms with Crippen molar-refractivity contribution >= 4 is 11.7 Å². The summed E-state index contributed by atoms with van der Waals surface area (Å²) in [6.45, 7) is 0.0914. The van der Waals surface area contributed by atoms with Gasteiger partial charge < -0.3 is 10.5 Å². The Kier molecular flexibility index (Phi) is 4.41. The second-order valence-corrected chi connectivity index (χ2v) is 3.10. The maximum atomic E-state index is 10.7. The highest BCUT2D eigenvalue weighted by Gasteiger charge is 2.04. The van der Waals surface area contributed by atoms with Crippen LogP contribution < -0.4 is 5.73 Å². The summed E-state index contributed by atoms with van der Waals surface area (Å²) >= 11 is 0. The molecule has 0 aliphatic rings. The highest BCUT2D eigenvalue weighted by Crippen LogP contribution is 2.12. The van der Waals surface area contributed by atoms with Crippen LogP contribution >= 0.6 is 0 Å². The van der Waals surface area contributed by atoms with E-state index in [0.29, 0.717) is 6.42 Å². The van der Waals surface area contributed by atoms with Crippen molar-refractivity contribution in [1.82, 2.24) is 0 Å². The monoisotopic (exact) mass is 224 g/mol. The molecule has 0 unspecified atom stereocenters. The zero-order chi connectivity index (χ0) is 12.0. The molecule has 0 heterocycles. The molecule has 6 nitrogen and oxygen atoms in total. The first kappa shape index (κ1) is 12.1. The number of benzene rings is 1. The molecule has 0 radical (unpaired) electrons. The van der Waals surface area contributed by atoms with E-state index >= 15 is 0 Å². The summed E-state index contributed by atoms with van der Waals surface area (Å²) in [5.74, 6) is -0.457. The number of esters is 1. The van der Waals surface area contributed by atoms with Gasteiger partial charge in [-0.3, -0.25) is 14.9 Å². The Morgan fingerprint density at radius 3 is 2.50 bits per heavy atom. The van der Waals surface area contributed by atoms with E-state index < -0.39 is 10.9 Å². The summed E-state index contributed by atoms with van der Waals surface area (Å²) in [7, 11) is 0. The number of nitrogens with two attached hydrogens (primary N) is 1. The third-order valence-corrected chi connectivity index (χ3v) is 1.97. The van der Waals surface area contributed by atoms with Gasteiger partial charge in [0.05, 0.1) is 18.1 Å². The Hall–Kier alpha value is -1.95. The maximum absolute atomic E-state index is 10.7. The van der Waals surface area contributed by atoms with Crippen molar-refractivity contribution < 1.29 is 14.5 Å². The van der Waals surface area contributed by atoms with Gasteiger partial charge in [0.2, 0.25) is 0 Å². The zero-order valence-electron chi connectivity index (χ0n) is 8.59. The molecule has 0 aliphatic carbocycles. The van der Waals surface area contributed by atoms with Crippen molar-refractivity contribution in [2.24, 2.45) is 5.73 Å². The van der Waals surface area contributed by atoms with Gasteiger partial charge in [0.25, 0.3) is 5.69 Å². The maximum Gasteiger partial charge on any atom is 0.319 e. The number of hydrogen-bond donors (Lipinski definition) is 1. The van der Waals surface area contributed by atoms with E-state index in [1.807, 2.05) is 0 Å². The number of hydrogen-bond acceptors (Lipinski definition) is 5. The molecule has 2 N–H and O–H groups in total. The van der Waals surface area contributed by atoms with Crippen LogP contribution in [0.2, 0.25) is 0 Å². The number of carbonyl (C=O) groups is 1. The Balaban J connectivity index is 2.43. The Labute approximate surface area is 92.2 Å². The van der Waals surface area contributed by atoms with Crippen molar-refractivity contribution in [3.05, 3.63) is 39.9 Å². The van der Waals surface area contributed by atoms with Gasteiger partial charge in [-0.2, -0.15) is 0 Å². The van der Waals surface area contributed by atoms with Crippen LogP contribution in [0.15, 0.2) is 24.3 Å². The average molecular weight is 224 g/mol. The minimum atomic E-state index is -0.460. The molecule has 0 amide bonds. The molecule has 0 saturated carbocycles. The fourth-order valence-electron chi connectivity index (χ4n) is 1.13. The van der Waals surface area contributed by atoms with E-state index in [0.717, 1.165) is 5.56 Å². The lowest BCUT2D eigenvalue weighted by Crippen LogP contribution is -2.17. The predicted octanol–water partition coefficient (Wildman–Crippen LogP) is 0.639. The minimum absolute atomic E-state index is 0.0442. The van der Waals surface area contributed by atoms with Crippen molar-refractivity contribution in [3.63, 3.8) is 0 Å². The Morgan fingerprint density at radius 1 is 1.38 bits per heavy atom. The number of carbonyl (C=O) groups excluding carboxylic acids is 1. The van der Waals surface area contributed by atoms with Gasteiger partial charge in [-0.15, -0.1) is 0 Å². The van der Waals surface area contributed by atoms with Crippen LogP contribution in [0.25, 0.3) is 0 Å². The zero-order valence-corrected chi connectivity index (χ0v) is 8.59. The molecule has 6 heteroatoms. The van der Waals surface area contributed by atoms with Crippen molar-refractivity contribution in [1.29, 1.82) is 0 Å². The molecular weight excluding hydrogens is 212 g/mol. The first-order valence-electron chi connectivity index (χ1n) is 4.72. The summed E-state index contributed by atoms with van der Waals surface area (Å²) in [5, 5.41) is 10.4. The first-order chi connectivity index (χ1) is 7.63. The molecule has 0 spiro atoms. The molecule has 1 aromatic rings. The number of non-ortho nitro benzene ring substituents is 1. The van der Waals surface area contributed by atoms with E-state index in [9.17, 15) is 14.9 Å². The van der Waals surface area contributed by atoms with E-state index in [1.165, 1.54) is 12.1 Å². The molecular formula is C10H12N2O4. The van der Waals surface area contributed by atoms with Crippen LogP contribution in [0, 0.1) is 10.1 Å². The average Bonchev–Trinajstić information content (AvgIpc) is 2.29. The van der Waals surface area contributed by atoms with Crippen molar-refractivity contribution in [3.8, 4) is 0 Å². The number of ether oxygens (including phenoxy) is 1. The van der Waals surface area contributed by atoms with Gasteiger partial charge >= 0.3 is 5.97 Å². The van der Waals surface area contributed by atoms with Crippen LogP contribution in [0.5, 0.6) is 0 Å². The minimum Gasteiger partial charge on any atom is -0.464 e. The van der Waals surface area contributed by atoms with Gasteiger partial charge in [-0.1, -0.05) is 12.1 Å². The number of nitro benzene ring substituents is 1. The van der Waals surface area contributed by atoms with Gasteiger partial charge in [0.1, 0.15) is 0 Å². The molecule has 1 rings (SSSR count). The normalized spacial score (nSPS) is 9.81. The lowest BCUT2D eigenvalue weighted by atomic mass is 10.1. The second kappa shape index (κ2) is 5.82. The number of nitrogens with zero attached hydrogens (tertiary/aromatic N) is 1. The third-order valence-electron chi connectivity index (χ3n) is 1.97. The van der Waals surface area contributed by atoms with Crippen LogP contribution in [0.3, 0.4) is 0 Å². The highest BCUT2D eigenvalue weighted by molar-refractivity contribution is 5.71. The SMILES string of the molecule is NCC(=O)OCCc1ccc([N+](=O)[O-])cc1. The van der Waals surface area contributed by atoms with Crippen molar-refractivity contribution in [2.45, 2.75) is 6.42 Å². The fourth-order valence-corrected chi connectivity index (χ4v) is 1.13. The largest absolute Gasteiger partial charge is 0.464 e. The molecule has 0 aliphatic heterocycles. The second-order valence-electron chi connectivity index (χ2n) is 3.10. The van der Waals surface area contributed by atoms with E-state index in [1.54, 1.807) is 12.1 Å². The Morgan fingerprint density at radius 2 is 2.00 bits per heavy atom. The summed E-state index contributed by atoms with van der Waals surface area (Å²) in [4.78, 5) is 20.6.